The van der Waals surface area contributed by atoms with Crippen LogP contribution in [0.1, 0.15) is 0 Å². The molecule has 0 saturated heterocycles. The number of aliphatic hydroxyl groups is 1. The fourth-order valence-electron chi connectivity index (χ4n) is 0.259. The molecule has 1 atom stereocenters. The first kappa shape index (κ1) is 9.11. The van der Waals surface area contributed by atoms with Crippen LogP contribution in [0.5, 0.6) is 0 Å². The van der Waals surface area contributed by atoms with Crippen LogP contribution in [0.25, 0.3) is 0 Å². The third-order valence-corrected chi connectivity index (χ3v) is 2.06. The van der Waals surface area contributed by atoms with Gasteiger partial charge in [-0.05, 0) is 0 Å². The van der Waals surface area contributed by atoms with Crippen molar-refractivity contribution in [1.29, 1.82) is 0 Å². The van der Waals surface area contributed by atoms with Crippen LogP contribution in [0.15, 0.2) is 0 Å². The fraction of sp³-hybridized carbons (Fsp3) is 1.00. The molecule has 0 bridgehead atoms. The molecule has 0 amide bonds. The molecule has 9 heavy (non-hydrogen) atoms. The maximum Gasteiger partial charge on any atom is 0.327 e. The van der Waals surface area contributed by atoms with Gasteiger partial charge in [0.2, 0.25) is 0 Å². The molecule has 56 valence electrons. The van der Waals surface area contributed by atoms with E-state index >= 15 is 0 Å². The summed E-state index contributed by atoms with van der Waals surface area (Å²) in [6, 6.07) is 0. The maximum absolute atomic E-state index is 10.8. The van der Waals surface area contributed by atoms with Crippen LogP contribution < -0.4 is 0 Å². The van der Waals surface area contributed by atoms with E-state index in [9.17, 15) is 4.57 Å². The Morgan fingerprint density at radius 2 is 2.22 bits per heavy atom. The van der Waals surface area contributed by atoms with E-state index in [0.29, 0.717) is 0 Å². The molecule has 5 heteroatoms. The van der Waals surface area contributed by atoms with Crippen molar-refractivity contribution >= 4 is 7.60 Å². The molecule has 0 fully saturated rings. The van der Waals surface area contributed by atoms with E-state index in [2.05, 4.69) is 9.05 Å². The number of rotatable bonds is 4. The van der Waals surface area contributed by atoms with Crippen molar-refractivity contribution in [3.8, 4) is 0 Å². The van der Waals surface area contributed by atoms with Crippen molar-refractivity contribution < 1.29 is 18.7 Å². The second-order valence-electron chi connectivity index (χ2n) is 1.51. The average molecular weight is 154 g/mol. The molecule has 0 radical (unpaired) electrons. The topological polar surface area (TPSA) is 55.8 Å². The monoisotopic (exact) mass is 154 g/mol. The SMILES string of the molecule is COP(C)(=O)OCCO. The van der Waals surface area contributed by atoms with Crippen molar-refractivity contribution in [3.05, 3.63) is 0 Å². The Morgan fingerprint density at radius 1 is 1.67 bits per heavy atom. The van der Waals surface area contributed by atoms with E-state index in [1.165, 1.54) is 13.8 Å². The summed E-state index contributed by atoms with van der Waals surface area (Å²) in [5.41, 5.74) is 0. The van der Waals surface area contributed by atoms with Crippen molar-refractivity contribution in [2.24, 2.45) is 0 Å². The molecular weight excluding hydrogens is 143 g/mol. The first-order valence-corrected chi connectivity index (χ1v) is 4.50. The van der Waals surface area contributed by atoms with Crippen LogP contribution in [0.3, 0.4) is 0 Å². The summed E-state index contributed by atoms with van der Waals surface area (Å²) in [6.45, 7) is 1.27. The van der Waals surface area contributed by atoms with E-state index in [1.807, 2.05) is 0 Å². The highest BCUT2D eigenvalue weighted by molar-refractivity contribution is 7.52. The Hall–Kier alpha value is 0.110. The Bertz CT molecular complexity index is 113. The van der Waals surface area contributed by atoms with Gasteiger partial charge in [-0.1, -0.05) is 0 Å². The van der Waals surface area contributed by atoms with Crippen molar-refractivity contribution in [2.45, 2.75) is 0 Å². The molecule has 0 saturated carbocycles. The second-order valence-corrected chi connectivity index (χ2v) is 3.68. The molecule has 0 spiro atoms. The molecule has 0 aromatic carbocycles. The molecule has 0 aliphatic heterocycles. The van der Waals surface area contributed by atoms with Crippen LogP contribution in [0, 0.1) is 0 Å². The lowest BCUT2D eigenvalue weighted by molar-refractivity contribution is 0.176. The lowest BCUT2D eigenvalue weighted by Gasteiger charge is -2.08. The van der Waals surface area contributed by atoms with Gasteiger partial charge in [0.15, 0.2) is 0 Å². The molecule has 1 unspecified atom stereocenters. The minimum absolute atomic E-state index is 0.0572. The van der Waals surface area contributed by atoms with Gasteiger partial charge in [0.25, 0.3) is 0 Å². The third-order valence-electron chi connectivity index (χ3n) is 0.749. The quantitative estimate of drug-likeness (QED) is 0.598. The van der Waals surface area contributed by atoms with Crippen molar-refractivity contribution in [1.82, 2.24) is 0 Å². The number of aliphatic hydroxyl groups excluding tert-OH is 1. The Labute approximate surface area is 54.3 Å². The molecule has 0 aliphatic rings. The summed E-state index contributed by atoms with van der Waals surface area (Å²) in [6.07, 6.45) is 0. The zero-order chi connectivity index (χ0) is 7.33. The van der Waals surface area contributed by atoms with E-state index < -0.39 is 7.60 Å². The minimum atomic E-state index is -2.85. The summed E-state index contributed by atoms with van der Waals surface area (Å²) < 4.78 is 19.9. The van der Waals surface area contributed by atoms with Crippen LogP contribution in [-0.4, -0.2) is 32.1 Å². The molecule has 0 aromatic heterocycles. The number of hydrogen-bond acceptors (Lipinski definition) is 4. The van der Waals surface area contributed by atoms with Crippen LogP contribution in [0.2, 0.25) is 0 Å². The molecule has 0 rings (SSSR count). The highest BCUT2D eigenvalue weighted by atomic mass is 31.2. The molecule has 1 N–H and O–H groups in total. The largest absolute Gasteiger partial charge is 0.394 e. The fourth-order valence-corrected chi connectivity index (χ4v) is 0.778. The normalized spacial score (nSPS) is 17.2. The van der Waals surface area contributed by atoms with Gasteiger partial charge in [-0.25, -0.2) is 0 Å². The lowest BCUT2D eigenvalue weighted by Crippen LogP contribution is -1.97. The smallest absolute Gasteiger partial charge is 0.327 e. The van der Waals surface area contributed by atoms with E-state index in [0.717, 1.165) is 0 Å². The van der Waals surface area contributed by atoms with Gasteiger partial charge in [0, 0.05) is 13.8 Å². The van der Waals surface area contributed by atoms with Crippen LogP contribution in [0.4, 0.5) is 0 Å². The van der Waals surface area contributed by atoms with Crippen LogP contribution >= 0.6 is 7.60 Å². The van der Waals surface area contributed by atoms with Gasteiger partial charge in [-0.15, -0.1) is 0 Å². The van der Waals surface area contributed by atoms with Crippen molar-refractivity contribution in [3.63, 3.8) is 0 Å². The van der Waals surface area contributed by atoms with E-state index in [-0.39, 0.29) is 13.2 Å². The zero-order valence-electron chi connectivity index (χ0n) is 5.53. The van der Waals surface area contributed by atoms with Gasteiger partial charge in [-0.3, -0.25) is 4.57 Å². The average Bonchev–Trinajstić information content (AvgIpc) is 1.84. The first-order valence-electron chi connectivity index (χ1n) is 2.51. The molecular formula is C4H11O4P. The summed E-state index contributed by atoms with van der Waals surface area (Å²) >= 11 is 0. The molecule has 4 nitrogen and oxygen atoms in total. The van der Waals surface area contributed by atoms with E-state index in [1.54, 1.807) is 0 Å². The molecule has 0 aliphatic carbocycles. The standard InChI is InChI=1S/C4H11O4P/c1-7-9(2,6)8-4-3-5/h5H,3-4H2,1-2H3. The third kappa shape index (κ3) is 4.60. The summed E-state index contributed by atoms with van der Waals surface area (Å²) in [7, 11) is -1.55. The lowest BCUT2D eigenvalue weighted by atomic mass is 10.8. The Balaban J connectivity index is 3.46. The first-order chi connectivity index (χ1) is 4.12. The summed E-state index contributed by atoms with van der Waals surface area (Å²) in [5.74, 6) is 0. The maximum atomic E-state index is 10.8. The Morgan fingerprint density at radius 3 is 2.56 bits per heavy atom. The predicted octanol–water partition coefficient (Wildman–Crippen LogP) is 0.465. The van der Waals surface area contributed by atoms with Crippen molar-refractivity contribution in [2.75, 3.05) is 27.0 Å². The number of hydrogen-bond donors (Lipinski definition) is 1. The van der Waals surface area contributed by atoms with Gasteiger partial charge < -0.3 is 14.2 Å². The van der Waals surface area contributed by atoms with E-state index in [4.69, 9.17) is 5.11 Å². The highest BCUT2D eigenvalue weighted by Crippen LogP contribution is 2.42. The predicted molar refractivity (Wildman–Crippen MR) is 33.6 cm³/mol. The Kier molecular flexibility index (Phi) is 4.06. The zero-order valence-corrected chi connectivity index (χ0v) is 6.43. The molecule has 0 aromatic rings. The second kappa shape index (κ2) is 4.01. The summed E-state index contributed by atoms with van der Waals surface area (Å²) in [5, 5.41) is 8.22. The van der Waals surface area contributed by atoms with Gasteiger partial charge in [0.1, 0.15) is 0 Å². The van der Waals surface area contributed by atoms with Crippen LogP contribution in [-0.2, 0) is 13.6 Å². The summed E-state index contributed by atoms with van der Waals surface area (Å²) in [4.78, 5) is 0. The van der Waals surface area contributed by atoms with Gasteiger partial charge in [0.05, 0.1) is 13.2 Å². The van der Waals surface area contributed by atoms with Gasteiger partial charge in [-0.2, -0.15) is 0 Å². The minimum Gasteiger partial charge on any atom is -0.394 e. The highest BCUT2D eigenvalue weighted by Gasteiger charge is 2.12. The van der Waals surface area contributed by atoms with Gasteiger partial charge >= 0.3 is 7.60 Å². The molecule has 0 heterocycles.